The predicted molar refractivity (Wildman–Crippen MR) is 78.9 cm³/mol. The Bertz CT molecular complexity index is 512. The molecule has 2 rings (SSSR count). The molecule has 0 radical (unpaired) electrons. The molecule has 1 aliphatic rings. The van der Waals surface area contributed by atoms with Gasteiger partial charge in [0.2, 0.25) is 0 Å². The molecule has 0 unspecified atom stereocenters. The van der Waals surface area contributed by atoms with Crippen LogP contribution in [-0.2, 0) is 22.7 Å². The van der Waals surface area contributed by atoms with Crippen molar-refractivity contribution >= 4 is 9.84 Å². The highest BCUT2D eigenvalue weighted by Crippen LogP contribution is 2.39. The standard InChI is InChI=1S/C15H23NO2S/c1-2-19(17,18)9-5-8-15(12-16)10-13-6-3-4-7-14(13)11-15/h3-4,6-7H,2,5,8-12,16H2,1H3. The van der Waals surface area contributed by atoms with Gasteiger partial charge in [0.05, 0.1) is 5.75 Å². The first-order chi connectivity index (χ1) is 9.00. The van der Waals surface area contributed by atoms with Gasteiger partial charge in [0.15, 0.2) is 0 Å². The summed E-state index contributed by atoms with van der Waals surface area (Å²) < 4.78 is 23.1. The Morgan fingerprint density at radius 3 is 2.26 bits per heavy atom. The third-order valence-electron chi connectivity index (χ3n) is 4.28. The number of benzene rings is 1. The van der Waals surface area contributed by atoms with E-state index in [9.17, 15) is 8.42 Å². The summed E-state index contributed by atoms with van der Waals surface area (Å²) in [4.78, 5) is 0. The van der Waals surface area contributed by atoms with Crippen LogP contribution in [0.1, 0.15) is 30.9 Å². The summed E-state index contributed by atoms with van der Waals surface area (Å²) in [6.07, 6.45) is 3.61. The van der Waals surface area contributed by atoms with Crippen LogP contribution < -0.4 is 5.73 Å². The Hall–Kier alpha value is -0.870. The summed E-state index contributed by atoms with van der Waals surface area (Å²) in [5.74, 6) is 0.532. The first-order valence-corrected chi connectivity index (χ1v) is 8.80. The van der Waals surface area contributed by atoms with Gasteiger partial charge in [-0.2, -0.15) is 0 Å². The fourth-order valence-electron chi connectivity index (χ4n) is 3.01. The molecule has 0 spiro atoms. The highest BCUT2D eigenvalue weighted by Gasteiger charge is 2.35. The number of sulfone groups is 1. The maximum absolute atomic E-state index is 11.6. The van der Waals surface area contributed by atoms with Crippen LogP contribution in [0.3, 0.4) is 0 Å². The van der Waals surface area contributed by atoms with Crippen LogP contribution >= 0.6 is 0 Å². The number of hydrogen-bond donors (Lipinski definition) is 1. The van der Waals surface area contributed by atoms with Gasteiger partial charge >= 0.3 is 0 Å². The third-order valence-corrected chi connectivity index (χ3v) is 6.07. The molecule has 1 aromatic carbocycles. The summed E-state index contributed by atoms with van der Waals surface area (Å²) >= 11 is 0. The molecule has 1 aliphatic carbocycles. The van der Waals surface area contributed by atoms with Gasteiger partial charge in [-0.3, -0.25) is 0 Å². The van der Waals surface area contributed by atoms with Gasteiger partial charge in [-0.1, -0.05) is 31.2 Å². The molecule has 0 fully saturated rings. The summed E-state index contributed by atoms with van der Waals surface area (Å²) in [6.45, 7) is 2.34. The lowest BCUT2D eigenvalue weighted by molar-refractivity contribution is 0.288. The van der Waals surface area contributed by atoms with E-state index in [1.54, 1.807) is 6.92 Å². The van der Waals surface area contributed by atoms with Crippen molar-refractivity contribution in [1.29, 1.82) is 0 Å². The van der Waals surface area contributed by atoms with Crippen molar-refractivity contribution in [3.05, 3.63) is 35.4 Å². The molecule has 0 saturated heterocycles. The van der Waals surface area contributed by atoms with Crippen LogP contribution in [0.2, 0.25) is 0 Å². The molecule has 19 heavy (non-hydrogen) atoms. The zero-order valence-corrected chi connectivity index (χ0v) is 12.4. The summed E-state index contributed by atoms with van der Waals surface area (Å²) in [5.41, 5.74) is 8.82. The maximum Gasteiger partial charge on any atom is 0.150 e. The van der Waals surface area contributed by atoms with Gasteiger partial charge in [-0.25, -0.2) is 8.42 Å². The molecule has 0 amide bonds. The Kier molecular flexibility index (Phi) is 4.31. The zero-order chi connectivity index (χ0) is 13.9. The lowest BCUT2D eigenvalue weighted by Gasteiger charge is -2.27. The second-order valence-electron chi connectivity index (χ2n) is 5.67. The van der Waals surface area contributed by atoms with Gasteiger partial charge in [-0.05, 0) is 48.8 Å². The smallest absolute Gasteiger partial charge is 0.150 e. The fourth-order valence-corrected chi connectivity index (χ4v) is 3.88. The minimum absolute atomic E-state index is 0.0763. The molecule has 0 saturated carbocycles. The molecular formula is C15H23NO2S. The van der Waals surface area contributed by atoms with E-state index in [2.05, 4.69) is 24.3 Å². The van der Waals surface area contributed by atoms with E-state index in [0.717, 1.165) is 25.7 Å². The normalized spacial score (nSPS) is 17.4. The molecule has 0 aromatic heterocycles. The Labute approximate surface area is 116 Å². The fraction of sp³-hybridized carbons (Fsp3) is 0.600. The Balaban J connectivity index is 1.99. The van der Waals surface area contributed by atoms with Crippen molar-refractivity contribution in [2.75, 3.05) is 18.1 Å². The van der Waals surface area contributed by atoms with Gasteiger partial charge in [-0.15, -0.1) is 0 Å². The zero-order valence-electron chi connectivity index (χ0n) is 11.6. The highest BCUT2D eigenvalue weighted by molar-refractivity contribution is 7.91. The van der Waals surface area contributed by atoms with Crippen molar-refractivity contribution in [3.8, 4) is 0 Å². The van der Waals surface area contributed by atoms with Crippen molar-refractivity contribution in [2.24, 2.45) is 11.1 Å². The van der Waals surface area contributed by atoms with E-state index >= 15 is 0 Å². The lowest BCUT2D eigenvalue weighted by atomic mass is 9.80. The topological polar surface area (TPSA) is 60.2 Å². The molecule has 3 nitrogen and oxygen atoms in total. The van der Waals surface area contributed by atoms with Gasteiger partial charge in [0, 0.05) is 5.75 Å². The van der Waals surface area contributed by atoms with Crippen LogP contribution in [0.15, 0.2) is 24.3 Å². The van der Waals surface area contributed by atoms with E-state index in [4.69, 9.17) is 5.73 Å². The molecule has 0 atom stereocenters. The first-order valence-electron chi connectivity index (χ1n) is 6.97. The Morgan fingerprint density at radius 2 is 1.79 bits per heavy atom. The lowest BCUT2D eigenvalue weighted by Crippen LogP contribution is -2.32. The van der Waals surface area contributed by atoms with Gasteiger partial charge in [0.25, 0.3) is 0 Å². The quantitative estimate of drug-likeness (QED) is 0.867. The summed E-state index contributed by atoms with van der Waals surface area (Å²) in [7, 11) is -2.85. The minimum Gasteiger partial charge on any atom is -0.330 e. The molecule has 0 heterocycles. The molecule has 0 bridgehead atoms. The average Bonchev–Trinajstić information content (AvgIpc) is 2.77. The Morgan fingerprint density at radius 1 is 1.21 bits per heavy atom. The monoisotopic (exact) mass is 281 g/mol. The largest absolute Gasteiger partial charge is 0.330 e. The van der Waals surface area contributed by atoms with Crippen molar-refractivity contribution < 1.29 is 8.42 Å². The van der Waals surface area contributed by atoms with E-state index in [-0.39, 0.29) is 11.2 Å². The van der Waals surface area contributed by atoms with Crippen LogP contribution in [0.25, 0.3) is 0 Å². The van der Waals surface area contributed by atoms with Crippen molar-refractivity contribution in [2.45, 2.75) is 32.6 Å². The number of nitrogens with two attached hydrogens (primary N) is 1. The van der Waals surface area contributed by atoms with Crippen molar-refractivity contribution in [1.82, 2.24) is 0 Å². The second kappa shape index (κ2) is 5.63. The van der Waals surface area contributed by atoms with E-state index in [1.807, 2.05) is 0 Å². The van der Waals surface area contributed by atoms with Crippen LogP contribution in [0.4, 0.5) is 0 Å². The van der Waals surface area contributed by atoms with E-state index in [0.29, 0.717) is 12.3 Å². The number of fused-ring (bicyclic) bond motifs is 1. The number of rotatable bonds is 6. The summed E-state index contributed by atoms with van der Waals surface area (Å²) in [6, 6.07) is 8.45. The van der Waals surface area contributed by atoms with E-state index < -0.39 is 9.84 Å². The third kappa shape index (κ3) is 3.37. The summed E-state index contributed by atoms with van der Waals surface area (Å²) in [5, 5.41) is 0. The minimum atomic E-state index is -2.85. The average molecular weight is 281 g/mol. The number of hydrogen-bond acceptors (Lipinski definition) is 3. The van der Waals surface area contributed by atoms with Crippen LogP contribution in [0, 0.1) is 5.41 Å². The van der Waals surface area contributed by atoms with Crippen LogP contribution in [0.5, 0.6) is 0 Å². The molecule has 2 N–H and O–H groups in total. The molecule has 4 heteroatoms. The highest BCUT2D eigenvalue weighted by atomic mass is 32.2. The second-order valence-corrected chi connectivity index (χ2v) is 8.14. The molecule has 1 aromatic rings. The predicted octanol–water partition coefficient (Wildman–Crippen LogP) is 1.95. The maximum atomic E-state index is 11.6. The molecule has 0 aliphatic heterocycles. The first kappa shape index (κ1) is 14.5. The SMILES string of the molecule is CCS(=O)(=O)CCCC1(CN)Cc2ccccc2C1. The van der Waals surface area contributed by atoms with Gasteiger partial charge in [0.1, 0.15) is 9.84 Å². The molecular weight excluding hydrogens is 258 g/mol. The van der Waals surface area contributed by atoms with E-state index in [1.165, 1.54) is 11.1 Å². The van der Waals surface area contributed by atoms with Crippen molar-refractivity contribution in [3.63, 3.8) is 0 Å². The molecule has 106 valence electrons. The van der Waals surface area contributed by atoms with Crippen LogP contribution in [-0.4, -0.2) is 26.5 Å². The van der Waals surface area contributed by atoms with Gasteiger partial charge < -0.3 is 5.73 Å².